The highest BCUT2D eigenvalue weighted by molar-refractivity contribution is 5.96. The van der Waals surface area contributed by atoms with Crippen LogP contribution in [0.2, 0.25) is 0 Å². The van der Waals surface area contributed by atoms with E-state index in [9.17, 15) is 9.90 Å². The number of aliphatic hydroxyl groups excluding tert-OH is 1. The third kappa shape index (κ3) is 4.95. The van der Waals surface area contributed by atoms with Crippen LogP contribution in [0.25, 0.3) is 0 Å². The molecule has 0 spiro atoms. The van der Waals surface area contributed by atoms with Crippen LogP contribution in [0.4, 0.5) is 5.82 Å². The summed E-state index contributed by atoms with van der Waals surface area (Å²) in [6.45, 7) is 4.46. The van der Waals surface area contributed by atoms with E-state index in [-0.39, 0.29) is 12.5 Å². The summed E-state index contributed by atoms with van der Waals surface area (Å²) >= 11 is 0. The molecule has 0 saturated heterocycles. The molecule has 1 aliphatic carbocycles. The van der Waals surface area contributed by atoms with E-state index in [0.717, 1.165) is 43.7 Å². The van der Waals surface area contributed by atoms with Crippen LogP contribution < -0.4 is 10.6 Å². The molecule has 0 radical (unpaired) electrons. The molecule has 2 aromatic rings. The van der Waals surface area contributed by atoms with Crippen molar-refractivity contribution in [2.75, 3.05) is 25.0 Å². The summed E-state index contributed by atoms with van der Waals surface area (Å²) in [4.78, 5) is 19.3. The normalized spacial score (nSPS) is 17.9. The molecular formula is C23H30N4O2. The number of hydrogen-bond acceptors (Lipinski definition) is 5. The van der Waals surface area contributed by atoms with E-state index in [4.69, 9.17) is 0 Å². The van der Waals surface area contributed by atoms with Crippen LogP contribution in [0.15, 0.2) is 36.5 Å². The minimum Gasteiger partial charge on any atom is -0.390 e. The zero-order chi connectivity index (χ0) is 20.2. The number of carbonyl (C=O) groups excluding carboxylic acids is 1. The van der Waals surface area contributed by atoms with Gasteiger partial charge in [0.1, 0.15) is 5.82 Å². The lowest BCUT2D eigenvalue weighted by molar-refractivity contribution is 0.0841. The fraction of sp³-hybridized carbons (Fsp3) is 0.478. The van der Waals surface area contributed by atoms with E-state index in [1.165, 1.54) is 17.5 Å². The van der Waals surface area contributed by atoms with Gasteiger partial charge in [-0.05, 0) is 55.4 Å². The molecule has 0 unspecified atom stereocenters. The minimum absolute atomic E-state index is 0.162. The molecule has 1 saturated carbocycles. The van der Waals surface area contributed by atoms with Crippen molar-refractivity contribution in [2.45, 2.75) is 51.3 Å². The highest BCUT2D eigenvalue weighted by Gasteiger charge is 2.20. The van der Waals surface area contributed by atoms with E-state index >= 15 is 0 Å². The van der Waals surface area contributed by atoms with Gasteiger partial charge in [0.25, 0.3) is 5.91 Å². The first-order chi connectivity index (χ1) is 14.1. The van der Waals surface area contributed by atoms with Gasteiger partial charge in [-0.2, -0.15) is 0 Å². The van der Waals surface area contributed by atoms with E-state index < -0.39 is 6.10 Å². The van der Waals surface area contributed by atoms with E-state index in [1.54, 1.807) is 6.20 Å². The molecule has 1 aromatic carbocycles. The van der Waals surface area contributed by atoms with Crippen molar-refractivity contribution < 1.29 is 9.90 Å². The predicted octanol–water partition coefficient (Wildman–Crippen LogP) is 2.50. The molecule has 6 heteroatoms. The van der Waals surface area contributed by atoms with Crippen molar-refractivity contribution >= 4 is 11.7 Å². The number of carbonyl (C=O) groups is 1. The van der Waals surface area contributed by atoms with Crippen LogP contribution in [-0.4, -0.2) is 52.7 Å². The highest BCUT2D eigenvalue weighted by atomic mass is 16.3. The summed E-state index contributed by atoms with van der Waals surface area (Å²) in [5.74, 6) is 0.586. The molecule has 2 aliphatic rings. The molecule has 3 N–H and O–H groups in total. The molecular weight excluding hydrogens is 364 g/mol. The van der Waals surface area contributed by atoms with Gasteiger partial charge in [0, 0.05) is 44.0 Å². The Bertz CT molecular complexity index is 866. The van der Waals surface area contributed by atoms with Gasteiger partial charge in [-0.3, -0.25) is 9.69 Å². The molecule has 29 heavy (non-hydrogen) atoms. The lowest BCUT2D eigenvalue weighted by atomic mass is 9.93. The average molecular weight is 395 g/mol. The second kappa shape index (κ2) is 8.93. The van der Waals surface area contributed by atoms with E-state index in [2.05, 4.69) is 44.8 Å². The number of aromatic nitrogens is 1. The fourth-order valence-electron chi connectivity index (χ4n) is 3.99. The van der Waals surface area contributed by atoms with Crippen molar-refractivity contribution in [2.24, 2.45) is 0 Å². The van der Waals surface area contributed by atoms with Gasteiger partial charge in [-0.1, -0.05) is 24.3 Å². The van der Waals surface area contributed by atoms with Crippen molar-refractivity contribution in [3.05, 3.63) is 58.8 Å². The quantitative estimate of drug-likeness (QED) is 0.673. The Morgan fingerprint density at radius 1 is 1.31 bits per heavy atom. The maximum Gasteiger partial charge on any atom is 0.251 e. The lowest BCUT2D eigenvalue weighted by Gasteiger charge is -2.30. The number of amides is 1. The zero-order valence-electron chi connectivity index (χ0n) is 17.0. The van der Waals surface area contributed by atoms with Gasteiger partial charge < -0.3 is 15.7 Å². The van der Waals surface area contributed by atoms with Gasteiger partial charge in [-0.15, -0.1) is 0 Å². The van der Waals surface area contributed by atoms with Crippen LogP contribution in [0.5, 0.6) is 0 Å². The first kappa shape index (κ1) is 19.9. The summed E-state index contributed by atoms with van der Waals surface area (Å²) in [6, 6.07) is 10.7. The Morgan fingerprint density at radius 2 is 2.10 bits per heavy atom. The molecule has 1 atom stereocenters. The maximum absolute atomic E-state index is 12.7. The van der Waals surface area contributed by atoms with E-state index in [0.29, 0.717) is 18.2 Å². The summed E-state index contributed by atoms with van der Waals surface area (Å²) in [7, 11) is 0. The smallest absolute Gasteiger partial charge is 0.251 e. The monoisotopic (exact) mass is 394 g/mol. The largest absolute Gasteiger partial charge is 0.390 e. The van der Waals surface area contributed by atoms with Crippen LogP contribution in [0.3, 0.4) is 0 Å². The number of nitrogens with one attached hydrogen (secondary N) is 2. The van der Waals surface area contributed by atoms with Crippen LogP contribution in [0, 0.1) is 6.92 Å². The number of aryl methyl sites for hydroxylation is 1. The van der Waals surface area contributed by atoms with Gasteiger partial charge in [0.15, 0.2) is 0 Å². The van der Waals surface area contributed by atoms with Gasteiger partial charge in [0.2, 0.25) is 0 Å². The third-order valence-corrected chi connectivity index (χ3v) is 5.98. The molecule has 1 aromatic heterocycles. The number of aliphatic hydroxyl groups is 1. The molecule has 0 bridgehead atoms. The van der Waals surface area contributed by atoms with Crippen molar-refractivity contribution in [3.8, 4) is 0 Å². The number of pyridine rings is 1. The summed E-state index contributed by atoms with van der Waals surface area (Å²) in [5, 5.41) is 16.7. The summed E-state index contributed by atoms with van der Waals surface area (Å²) in [5.41, 5.74) is 4.17. The third-order valence-electron chi connectivity index (χ3n) is 5.98. The maximum atomic E-state index is 12.7. The molecule has 6 nitrogen and oxygen atoms in total. The highest BCUT2D eigenvalue weighted by Crippen LogP contribution is 2.23. The van der Waals surface area contributed by atoms with Crippen molar-refractivity contribution in [1.29, 1.82) is 0 Å². The number of β-amino-alcohol motifs (C(OH)–C–C–N with tert-alkyl or cyclic N) is 1. The Labute approximate surface area is 172 Å². The standard InChI is InChI=1S/C23H30N4O2/c1-16-12-24-22(26-19-7-4-8-19)11-21(16)23(29)25-13-20(28)15-27-10-9-17-5-2-3-6-18(17)14-27/h2-3,5-6,11-12,19-20,28H,4,7-10,13-15H2,1H3,(H,24,26)(H,25,29)/t20-/m0/s1. The Balaban J connectivity index is 1.28. The number of fused-ring (bicyclic) bond motifs is 1. The van der Waals surface area contributed by atoms with Crippen molar-refractivity contribution in [1.82, 2.24) is 15.2 Å². The SMILES string of the molecule is Cc1cnc(NC2CCC2)cc1C(=O)NC[C@H](O)CN1CCc2ccccc2C1. The average Bonchev–Trinajstić information content (AvgIpc) is 2.70. The molecule has 1 amide bonds. The predicted molar refractivity (Wildman–Crippen MR) is 114 cm³/mol. The Hall–Kier alpha value is -2.44. The zero-order valence-corrected chi connectivity index (χ0v) is 17.0. The summed E-state index contributed by atoms with van der Waals surface area (Å²) < 4.78 is 0. The van der Waals surface area contributed by atoms with Crippen molar-refractivity contribution in [3.63, 3.8) is 0 Å². The number of anilines is 1. The molecule has 2 heterocycles. The van der Waals surface area contributed by atoms with Crippen LogP contribution >= 0.6 is 0 Å². The minimum atomic E-state index is -0.598. The number of rotatable bonds is 7. The second-order valence-electron chi connectivity index (χ2n) is 8.27. The topological polar surface area (TPSA) is 77.5 Å². The lowest BCUT2D eigenvalue weighted by Crippen LogP contribution is -2.42. The summed E-state index contributed by atoms with van der Waals surface area (Å²) in [6.07, 6.45) is 5.70. The Kier molecular flexibility index (Phi) is 6.11. The number of nitrogens with zero attached hydrogens (tertiary/aromatic N) is 2. The first-order valence-electron chi connectivity index (χ1n) is 10.6. The van der Waals surface area contributed by atoms with Crippen LogP contribution in [0.1, 0.15) is 46.3 Å². The van der Waals surface area contributed by atoms with Crippen LogP contribution in [-0.2, 0) is 13.0 Å². The van der Waals surface area contributed by atoms with Gasteiger partial charge >= 0.3 is 0 Å². The second-order valence-corrected chi connectivity index (χ2v) is 8.27. The fourth-order valence-corrected chi connectivity index (χ4v) is 3.99. The first-order valence-corrected chi connectivity index (χ1v) is 10.6. The Morgan fingerprint density at radius 3 is 2.86 bits per heavy atom. The number of benzene rings is 1. The van der Waals surface area contributed by atoms with E-state index in [1.807, 2.05) is 13.0 Å². The van der Waals surface area contributed by atoms with Gasteiger partial charge in [-0.25, -0.2) is 4.98 Å². The molecule has 1 aliphatic heterocycles. The molecule has 4 rings (SSSR count). The number of hydrogen-bond donors (Lipinski definition) is 3. The molecule has 1 fully saturated rings. The molecule has 154 valence electrons. The van der Waals surface area contributed by atoms with Gasteiger partial charge in [0.05, 0.1) is 6.10 Å².